The third-order valence-electron chi connectivity index (χ3n) is 3.77. The number of hydrogen-bond donors (Lipinski definition) is 1. The lowest BCUT2D eigenvalue weighted by Crippen LogP contribution is -2.32. The Balaban J connectivity index is 2.09. The summed E-state index contributed by atoms with van der Waals surface area (Å²) in [6.07, 6.45) is 0.277. The molecule has 1 N–H and O–H groups in total. The second-order valence-corrected chi connectivity index (χ2v) is 6.24. The molecule has 2 rings (SSSR count). The highest BCUT2D eigenvalue weighted by Gasteiger charge is 2.19. The molecule has 0 spiro atoms. The van der Waals surface area contributed by atoms with Crippen LogP contribution < -0.4 is 10.1 Å². The number of carbonyl (C=O) groups is 1. The second kappa shape index (κ2) is 8.02. The molecule has 0 aliphatic carbocycles. The van der Waals surface area contributed by atoms with E-state index < -0.39 is 0 Å². The number of nitrogens with one attached hydrogen (secondary N) is 1. The van der Waals surface area contributed by atoms with Crippen molar-refractivity contribution in [1.82, 2.24) is 5.32 Å². The van der Waals surface area contributed by atoms with Crippen LogP contribution in [0.4, 0.5) is 0 Å². The van der Waals surface area contributed by atoms with Crippen molar-refractivity contribution in [2.45, 2.75) is 26.3 Å². The molecule has 0 unspecified atom stereocenters. The molecule has 0 radical (unpaired) electrons. The van der Waals surface area contributed by atoms with Gasteiger partial charge in [0.15, 0.2) is 0 Å². The van der Waals surface area contributed by atoms with E-state index in [1.807, 2.05) is 42.5 Å². The fraction of sp³-hybridized carbons (Fsp3) is 0.316. The summed E-state index contributed by atoms with van der Waals surface area (Å²) >= 11 is 6.12. The lowest BCUT2D eigenvalue weighted by Gasteiger charge is -2.23. The molecule has 0 bridgehead atoms. The highest BCUT2D eigenvalue weighted by atomic mass is 35.5. The number of amides is 1. The smallest absolute Gasteiger partial charge is 0.224 e. The lowest BCUT2D eigenvalue weighted by molar-refractivity contribution is -0.121. The topological polar surface area (TPSA) is 38.3 Å². The minimum Gasteiger partial charge on any atom is -0.497 e. The van der Waals surface area contributed by atoms with Crippen molar-refractivity contribution >= 4 is 17.5 Å². The van der Waals surface area contributed by atoms with Crippen molar-refractivity contribution in [3.05, 3.63) is 64.7 Å². The normalized spacial score (nSPS) is 12.0. The van der Waals surface area contributed by atoms with Crippen LogP contribution in [0.2, 0.25) is 5.02 Å². The molecule has 1 atom stereocenters. The Morgan fingerprint density at radius 2 is 1.78 bits per heavy atom. The number of hydrogen-bond acceptors (Lipinski definition) is 2. The summed E-state index contributed by atoms with van der Waals surface area (Å²) in [7, 11) is 1.64. The monoisotopic (exact) mass is 331 g/mol. The Kier molecular flexibility index (Phi) is 6.05. The van der Waals surface area contributed by atoms with Crippen LogP contribution in [0.25, 0.3) is 0 Å². The number of benzene rings is 2. The fourth-order valence-corrected chi connectivity index (χ4v) is 2.69. The lowest BCUT2D eigenvalue weighted by atomic mass is 9.95. The molecule has 2 aromatic rings. The van der Waals surface area contributed by atoms with Gasteiger partial charge in [-0.3, -0.25) is 4.79 Å². The first-order valence-electron chi connectivity index (χ1n) is 7.68. The SMILES string of the molecule is COc1ccc([C@H](NC(=O)Cc2ccccc2Cl)C(C)C)cc1. The molecule has 0 heterocycles. The molecular formula is C19H22ClNO2. The Bertz CT molecular complexity index is 653. The van der Waals surface area contributed by atoms with Crippen LogP contribution in [-0.2, 0) is 11.2 Å². The first-order valence-corrected chi connectivity index (χ1v) is 8.05. The van der Waals surface area contributed by atoms with Crippen LogP contribution in [-0.4, -0.2) is 13.0 Å². The van der Waals surface area contributed by atoms with Crippen LogP contribution in [0.3, 0.4) is 0 Å². The van der Waals surface area contributed by atoms with Gasteiger partial charge in [-0.25, -0.2) is 0 Å². The van der Waals surface area contributed by atoms with Gasteiger partial charge in [0.1, 0.15) is 5.75 Å². The van der Waals surface area contributed by atoms with E-state index in [0.717, 1.165) is 16.9 Å². The molecule has 3 nitrogen and oxygen atoms in total. The van der Waals surface area contributed by atoms with E-state index in [9.17, 15) is 4.79 Å². The Morgan fingerprint density at radius 1 is 1.13 bits per heavy atom. The maximum atomic E-state index is 12.4. The molecule has 0 saturated carbocycles. The van der Waals surface area contributed by atoms with Crippen molar-refractivity contribution < 1.29 is 9.53 Å². The highest BCUT2D eigenvalue weighted by molar-refractivity contribution is 6.31. The van der Waals surface area contributed by atoms with E-state index in [2.05, 4.69) is 19.2 Å². The first kappa shape index (κ1) is 17.4. The zero-order chi connectivity index (χ0) is 16.8. The Morgan fingerprint density at radius 3 is 2.35 bits per heavy atom. The summed E-state index contributed by atoms with van der Waals surface area (Å²) < 4.78 is 5.18. The molecule has 1 amide bonds. The van der Waals surface area contributed by atoms with Gasteiger partial charge in [-0.15, -0.1) is 0 Å². The van der Waals surface area contributed by atoms with E-state index in [1.54, 1.807) is 13.2 Å². The van der Waals surface area contributed by atoms with Gasteiger partial charge < -0.3 is 10.1 Å². The molecular weight excluding hydrogens is 310 g/mol. The van der Waals surface area contributed by atoms with Gasteiger partial charge in [0.2, 0.25) is 5.91 Å². The summed E-state index contributed by atoms with van der Waals surface area (Å²) in [6, 6.07) is 15.2. The standard InChI is InChI=1S/C19H22ClNO2/c1-13(2)19(14-8-10-16(23-3)11-9-14)21-18(22)12-15-6-4-5-7-17(15)20/h4-11,13,19H,12H2,1-3H3,(H,21,22)/t19-/m1/s1. The van der Waals surface area contributed by atoms with Crippen molar-refractivity contribution in [3.8, 4) is 5.75 Å². The van der Waals surface area contributed by atoms with Gasteiger partial charge in [-0.2, -0.15) is 0 Å². The maximum absolute atomic E-state index is 12.4. The highest BCUT2D eigenvalue weighted by Crippen LogP contribution is 2.24. The van der Waals surface area contributed by atoms with E-state index in [0.29, 0.717) is 5.02 Å². The van der Waals surface area contributed by atoms with Gasteiger partial charge in [0.25, 0.3) is 0 Å². The summed E-state index contributed by atoms with van der Waals surface area (Å²) in [5.74, 6) is 1.05. The third kappa shape index (κ3) is 4.73. The molecule has 0 saturated heterocycles. The van der Waals surface area contributed by atoms with Crippen molar-refractivity contribution in [2.24, 2.45) is 5.92 Å². The van der Waals surface area contributed by atoms with E-state index in [1.165, 1.54) is 0 Å². The van der Waals surface area contributed by atoms with Crippen LogP contribution in [0.1, 0.15) is 31.0 Å². The molecule has 0 fully saturated rings. The number of methoxy groups -OCH3 is 1. The number of ether oxygens (including phenoxy) is 1. The van der Waals surface area contributed by atoms with E-state index in [4.69, 9.17) is 16.3 Å². The Labute approximate surface area is 142 Å². The average Bonchev–Trinajstić information content (AvgIpc) is 2.55. The molecule has 122 valence electrons. The molecule has 0 aliphatic rings. The van der Waals surface area contributed by atoms with E-state index >= 15 is 0 Å². The maximum Gasteiger partial charge on any atom is 0.224 e. The van der Waals surface area contributed by atoms with Crippen LogP contribution in [0.5, 0.6) is 5.75 Å². The minimum absolute atomic E-state index is 0.0346. The third-order valence-corrected chi connectivity index (χ3v) is 4.14. The number of rotatable bonds is 6. The predicted molar refractivity (Wildman–Crippen MR) is 93.9 cm³/mol. The van der Waals surface area contributed by atoms with Gasteiger partial charge in [0, 0.05) is 5.02 Å². The number of halogens is 1. The summed E-state index contributed by atoms with van der Waals surface area (Å²) in [4.78, 5) is 12.4. The van der Waals surface area contributed by atoms with Gasteiger partial charge in [0.05, 0.1) is 19.6 Å². The molecule has 0 aromatic heterocycles. The zero-order valence-corrected chi connectivity index (χ0v) is 14.4. The van der Waals surface area contributed by atoms with Crippen molar-refractivity contribution in [2.75, 3.05) is 7.11 Å². The van der Waals surface area contributed by atoms with E-state index in [-0.39, 0.29) is 24.3 Å². The van der Waals surface area contributed by atoms with Gasteiger partial charge in [-0.05, 0) is 35.2 Å². The van der Waals surface area contributed by atoms with Crippen LogP contribution in [0, 0.1) is 5.92 Å². The fourth-order valence-electron chi connectivity index (χ4n) is 2.49. The molecule has 23 heavy (non-hydrogen) atoms. The molecule has 0 aliphatic heterocycles. The number of carbonyl (C=O) groups excluding carboxylic acids is 1. The minimum atomic E-state index is -0.0455. The first-order chi connectivity index (χ1) is 11.0. The van der Waals surface area contributed by atoms with Crippen LogP contribution >= 0.6 is 11.6 Å². The van der Waals surface area contributed by atoms with Crippen molar-refractivity contribution in [1.29, 1.82) is 0 Å². The average molecular weight is 332 g/mol. The summed E-state index contributed by atoms with van der Waals surface area (Å²) in [6.45, 7) is 4.18. The van der Waals surface area contributed by atoms with Crippen molar-refractivity contribution in [3.63, 3.8) is 0 Å². The predicted octanol–water partition coefficient (Wildman–Crippen LogP) is 4.40. The summed E-state index contributed by atoms with van der Waals surface area (Å²) in [5, 5.41) is 3.73. The Hall–Kier alpha value is -2.00. The van der Waals surface area contributed by atoms with Crippen LogP contribution in [0.15, 0.2) is 48.5 Å². The zero-order valence-electron chi connectivity index (χ0n) is 13.7. The second-order valence-electron chi connectivity index (χ2n) is 5.83. The summed E-state index contributed by atoms with van der Waals surface area (Å²) in [5.41, 5.74) is 1.90. The van der Waals surface area contributed by atoms with Gasteiger partial charge in [-0.1, -0.05) is 55.8 Å². The largest absolute Gasteiger partial charge is 0.497 e. The quantitative estimate of drug-likeness (QED) is 0.851. The molecule has 2 aromatic carbocycles. The van der Waals surface area contributed by atoms with Gasteiger partial charge >= 0.3 is 0 Å². The molecule has 4 heteroatoms.